The van der Waals surface area contributed by atoms with Crippen LogP contribution in [0.15, 0.2) is 0 Å². The van der Waals surface area contributed by atoms with Gasteiger partial charge in [-0.2, -0.15) is 0 Å². The Kier molecular flexibility index (Phi) is 4.68. The summed E-state index contributed by atoms with van der Waals surface area (Å²) >= 11 is 0. The second kappa shape index (κ2) is 6.89. The summed E-state index contributed by atoms with van der Waals surface area (Å²) in [4.78, 5) is 64.3. The third-order valence-corrected chi connectivity index (χ3v) is 3.92. The average molecular weight is 325 g/mol. The number of carbonyl (C=O) groups excluding carboxylic acids is 5. The highest BCUT2D eigenvalue weighted by Gasteiger charge is 2.39. The molecule has 8 heteroatoms. The van der Waals surface area contributed by atoms with Gasteiger partial charge < -0.3 is 4.84 Å². The van der Waals surface area contributed by atoms with E-state index in [2.05, 4.69) is 4.84 Å². The highest BCUT2D eigenvalue weighted by atomic mass is 16.7. The number of hydrogen-bond donors (Lipinski definition) is 0. The van der Waals surface area contributed by atoms with Crippen molar-refractivity contribution in [3.05, 3.63) is 0 Å². The first-order valence-corrected chi connectivity index (χ1v) is 7.56. The van der Waals surface area contributed by atoms with Gasteiger partial charge in [0.05, 0.1) is 0 Å². The van der Waals surface area contributed by atoms with Crippen LogP contribution in [0.1, 0.15) is 47.3 Å². The van der Waals surface area contributed by atoms with Crippen molar-refractivity contribution in [1.29, 1.82) is 0 Å². The summed E-state index contributed by atoms with van der Waals surface area (Å²) in [6, 6.07) is 0. The molecule has 0 saturated carbocycles. The molecule has 8 nitrogen and oxygen atoms in total. The van der Waals surface area contributed by atoms with Crippen LogP contribution in [0, 0.1) is 11.8 Å². The highest BCUT2D eigenvalue weighted by Crippen LogP contribution is 2.26. The summed E-state index contributed by atoms with van der Waals surface area (Å²) in [6.07, 6.45) is -1.33. The number of imide groups is 2. The second-order valence-corrected chi connectivity index (χ2v) is 5.94. The molecule has 2 saturated heterocycles. The standard InChI is InChI=1S/C15H20N2O6/c1-9(2)10-8-13(20)16(15(10)22)7-3-4-14(21)23-17-11(18)5-6-12(17)19/h9-10H,3-8H2,1-2H3/i5D. The Morgan fingerprint density at radius 2 is 1.96 bits per heavy atom. The van der Waals surface area contributed by atoms with Crippen molar-refractivity contribution < 1.29 is 30.2 Å². The first-order chi connectivity index (χ1) is 11.2. The summed E-state index contributed by atoms with van der Waals surface area (Å²) in [6.45, 7) is 3.85. The Morgan fingerprint density at radius 1 is 1.26 bits per heavy atom. The zero-order valence-electron chi connectivity index (χ0n) is 14.1. The number of carbonyl (C=O) groups is 5. The van der Waals surface area contributed by atoms with Crippen LogP contribution in [0.3, 0.4) is 0 Å². The first kappa shape index (κ1) is 15.6. The minimum Gasteiger partial charge on any atom is -0.330 e. The molecule has 0 aliphatic carbocycles. The van der Waals surface area contributed by atoms with E-state index in [4.69, 9.17) is 1.37 Å². The van der Waals surface area contributed by atoms with E-state index in [1.807, 2.05) is 13.8 Å². The number of hydroxylamine groups is 2. The summed E-state index contributed by atoms with van der Waals surface area (Å²) in [5.41, 5.74) is 0. The molecule has 2 aliphatic heterocycles. The van der Waals surface area contributed by atoms with E-state index in [0.717, 1.165) is 4.90 Å². The molecule has 0 bridgehead atoms. The normalized spacial score (nSPS) is 25.6. The van der Waals surface area contributed by atoms with Crippen molar-refractivity contribution in [2.24, 2.45) is 11.8 Å². The van der Waals surface area contributed by atoms with E-state index in [0.29, 0.717) is 5.06 Å². The summed E-state index contributed by atoms with van der Waals surface area (Å²) in [5.74, 6) is -3.14. The topological polar surface area (TPSA) is 101 Å². The molecule has 0 spiro atoms. The Bertz CT molecular complexity index is 591. The molecule has 0 N–H and O–H groups in total. The van der Waals surface area contributed by atoms with Crippen LogP contribution in [0.5, 0.6) is 0 Å². The Hall–Kier alpha value is -2.25. The lowest BCUT2D eigenvalue weighted by molar-refractivity contribution is -0.197. The summed E-state index contributed by atoms with van der Waals surface area (Å²) in [5, 5.41) is 0.320. The van der Waals surface area contributed by atoms with Crippen molar-refractivity contribution >= 4 is 29.6 Å². The van der Waals surface area contributed by atoms with Gasteiger partial charge in [0, 0.05) is 39.5 Å². The molecule has 2 fully saturated rings. The highest BCUT2D eigenvalue weighted by molar-refractivity contribution is 6.03. The lowest BCUT2D eigenvalue weighted by Crippen LogP contribution is -2.34. The first-order valence-electron chi connectivity index (χ1n) is 8.14. The third kappa shape index (κ3) is 3.75. The van der Waals surface area contributed by atoms with Gasteiger partial charge in [-0.15, -0.1) is 5.06 Å². The van der Waals surface area contributed by atoms with Crippen LogP contribution in [-0.2, 0) is 28.8 Å². The van der Waals surface area contributed by atoms with Crippen LogP contribution >= 0.6 is 0 Å². The Labute approximate surface area is 135 Å². The zero-order valence-corrected chi connectivity index (χ0v) is 13.1. The molecule has 0 radical (unpaired) electrons. The van der Waals surface area contributed by atoms with E-state index >= 15 is 0 Å². The van der Waals surface area contributed by atoms with Crippen LogP contribution in [0.2, 0.25) is 0 Å². The summed E-state index contributed by atoms with van der Waals surface area (Å²) in [7, 11) is 0. The molecule has 4 amide bonds. The van der Waals surface area contributed by atoms with Crippen molar-refractivity contribution in [3.8, 4) is 0 Å². The van der Waals surface area contributed by atoms with Crippen molar-refractivity contribution in [2.45, 2.75) is 45.9 Å². The number of hydrogen-bond acceptors (Lipinski definition) is 6. The van der Waals surface area contributed by atoms with E-state index < -0.39 is 24.2 Å². The molecular formula is C15H20N2O6. The molecule has 2 rings (SSSR count). The minimum atomic E-state index is -1.24. The maximum Gasteiger partial charge on any atom is 0.333 e. The van der Waals surface area contributed by atoms with Crippen LogP contribution in [0.4, 0.5) is 0 Å². The van der Waals surface area contributed by atoms with Gasteiger partial charge in [0.2, 0.25) is 11.8 Å². The number of nitrogens with zero attached hydrogens (tertiary/aromatic N) is 2. The molecule has 0 aromatic heterocycles. The molecule has 23 heavy (non-hydrogen) atoms. The molecule has 0 aromatic carbocycles. The lowest BCUT2D eigenvalue weighted by Gasteiger charge is -2.16. The van der Waals surface area contributed by atoms with Crippen LogP contribution in [0.25, 0.3) is 0 Å². The summed E-state index contributed by atoms with van der Waals surface area (Å²) < 4.78 is 7.31. The fourth-order valence-corrected chi connectivity index (χ4v) is 2.55. The van der Waals surface area contributed by atoms with Crippen molar-refractivity contribution in [3.63, 3.8) is 0 Å². The quantitative estimate of drug-likeness (QED) is 0.655. The van der Waals surface area contributed by atoms with Gasteiger partial charge in [-0.1, -0.05) is 13.8 Å². The van der Waals surface area contributed by atoms with Gasteiger partial charge in [0.15, 0.2) is 0 Å². The van der Waals surface area contributed by atoms with E-state index in [9.17, 15) is 24.0 Å². The van der Waals surface area contributed by atoms with E-state index in [1.165, 1.54) is 0 Å². The number of rotatable bonds is 6. The SMILES string of the molecule is [2H]C1CC(=O)N(OC(=O)CCCN2C(=O)CC(C(C)C)C2=O)C1=O. The second-order valence-electron chi connectivity index (χ2n) is 5.94. The van der Waals surface area contributed by atoms with Crippen molar-refractivity contribution in [1.82, 2.24) is 9.96 Å². The fourth-order valence-electron chi connectivity index (χ4n) is 2.55. The van der Waals surface area contributed by atoms with E-state index in [-0.39, 0.29) is 55.9 Å². The van der Waals surface area contributed by atoms with Crippen LogP contribution < -0.4 is 0 Å². The smallest absolute Gasteiger partial charge is 0.330 e. The predicted molar refractivity (Wildman–Crippen MR) is 76.1 cm³/mol. The van der Waals surface area contributed by atoms with E-state index in [1.54, 1.807) is 0 Å². The maximum atomic E-state index is 12.1. The van der Waals surface area contributed by atoms with Gasteiger partial charge in [0.25, 0.3) is 11.8 Å². The maximum absolute atomic E-state index is 12.1. The molecule has 2 heterocycles. The average Bonchev–Trinajstić information content (AvgIpc) is 2.91. The lowest BCUT2D eigenvalue weighted by atomic mass is 9.94. The molecule has 0 aromatic rings. The predicted octanol–water partition coefficient (Wildman–Crippen LogP) is 0.405. The van der Waals surface area contributed by atoms with Gasteiger partial charge >= 0.3 is 5.97 Å². The zero-order chi connectivity index (χ0) is 18.0. The molecule has 2 aliphatic rings. The van der Waals surface area contributed by atoms with Gasteiger partial charge in [0.1, 0.15) is 0 Å². The molecule has 126 valence electrons. The fraction of sp³-hybridized carbons (Fsp3) is 0.667. The van der Waals surface area contributed by atoms with Gasteiger partial charge in [-0.05, 0) is 12.3 Å². The molecular weight excluding hydrogens is 304 g/mol. The van der Waals surface area contributed by atoms with Gasteiger partial charge in [-0.25, -0.2) is 4.79 Å². The number of likely N-dealkylation sites (tertiary alicyclic amines) is 1. The Balaban J connectivity index is 1.79. The third-order valence-electron chi connectivity index (χ3n) is 3.92. The largest absolute Gasteiger partial charge is 0.333 e. The molecule has 2 unspecified atom stereocenters. The van der Waals surface area contributed by atoms with Crippen molar-refractivity contribution in [2.75, 3.05) is 6.54 Å². The monoisotopic (exact) mass is 325 g/mol. The van der Waals surface area contributed by atoms with Crippen LogP contribution in [-0.4, -0.2) is 46.1 Å². The number of amides is 4. The van der Waals surface area contributed by atoms with Gasteiger partial charge in [-0.3, -0.25) is 24.1 Å². The Morgan fingerprint density at radius 3 is 2.48 bits per heavy atom. The minimum absolute atomic E-state index is 0.0708. The molecule has 2 atom stereocenters.